The molecule has 0 aromatic carbocycles. The Kier molecular flexibility index (Phi) is 5.71. The van der Waals surface area contributed by atoms with Crippen LogP contribution in [0.4, 0.5) is 13.2 Å². The lowest BCUT2D eigenvalue weighted by Crippen LogP contribution is -2.34. The summed E-state index contributed by atoms with van der Waals surface area (Å²) in [5.41, 5.74) is 0.342. The van der Waals surface area contributed by atoms with Crippen molar-refractivity contribution in [1.29, 1.82) is 0 Å². The number of rotatable bonds is 3. The molecule has 0 fully saturated rings. The van der Waals surface area contributed by atoms with Crippen LogP contribution in [-0.4, -0.2) is 52.5 Å². The molecule has 0 bridgehead atoms. The predicted octanol–water partition coefficient (Wildman–Crippen LogP) is 0.422. The minimum atomic E-state index is -5.08. The van der Waals surface area contributed by atoms with Gasteiger partial charge in [0.2, 0.25) is 0 Å². The SMILES string of the molecule is Cn1ccc(Cn2nc3n(c2=O)C(C(=O)O)CCC3)n1.O=C(O)C(F)(F)F. The smallest absolute Gasteiger partial charge is 0.480 e. The second-order valence-corrected chi connectivity index (χ2v) is 5.76. The molecule has 148 valence electrons. The molecule has 0 spiro atoms. The minimum Gasteiger partial charge on any atom is -0.480 e. The molecule has 0 aliphatic carbocycles. The average Bonchev–Trinajstić information content (AvgIpc) is 3.11. The molecule has 1 aliphatic rings. The van der Waals surface area contributed by atoms with Crippen molar-refractivity contribution in [2.45, 2.75) is 38.0 Å². The number of carboxylic acid groups (broad SMARTS) is 2. The Morgan fingerprint density at radius 3 is 2.41 bits per heavy atom. The van der Waals surface area contributed by atoms with E-state index in [1.165, 1.54) is 9.25 Å². The number of halogens is 3. The highest BCUT2D eigenvalue weighted by molar-refractivity contribution is 5.73. The summed E-state index contributed by atoms with van der Waals surface area (Å²) in [5, 5.41) is 24.8. The van der Waals surface area contributed by atoms with E-state index in [2.05, 4.69) is 10.2 Å². The van der Waals surface area contributed by atoms with Crippen LogP contribution in [0.5, 0.6) is 0 Å². The number of nitrogens with zero attached hydrogens (tertiary/aromatic N) is 5. The zero-order chi connectivity index (χ0) is 20.4. The van der Waals surface area contributed by atoms with Crippen molar-refractivity contribution in [2.75, 3.05) is 0 Å². The number of hydrogen-bond donors (Lipinski definition) is 2. The van der Waals surface area contributed by atoms with Crippen molar-refractivity contribution in [1.82, 2.24) is 24.1 Å². The largest absolute Gasteiger partial charge is 0.490 e. The van der Waals surface area contributed by atoms with Crippen LogP contribution in [0.15, 0.2) is 17.1 Å². The molecule has 0 radical (unpaired) electrons. The van der Waals surface area contributed by atoms with Gasteiger partial charge in [-0.05, 0) is 18.9 Å². The number of carboxylic acids is 2. The van der Waals surface area contributed by atoms with Crippen LogP contribution < -0.4 is 5.69 Å². The third-order valence-electron chi connectivity index (χ3n) is 3.74. The van der Waals surface area contributed by atoms with Gasteiger partial charge in [-0.25, -0.2) is 19.1 Å². The first-order chi connectivity index (χ1) is 12.5. The summed E-state index contributed by atoms with van der Waals surface area (Å²) in [6.45, 7) is 0.256. The fraction of sp³-hybridized carbons (Fsp3) is 0.500. The van der Waals surface area contributed by atoms with Gasteiger partial charge in [-0.3, -0.25) is 9.25 Å². The van der Waals surface area contributed by atoms with Crippen LogP contribution in [0.25, 0.3) is 0 Å². The van der Waals surface area contributed by atoms with E-state index in [0.717, 1.165) is 12.1 Å². The first-order valence-electron chi connectivity index (χ1n) is 7.70. The molecule has 0 amide bonds. The summed E-state index contributed by atoms with van der Waals surface area (Å²) in [7, 11) is 1.80. The monoisotopic (exact) mass is 391 g/mol. The van der Waals surface area contributed by atoms with Gasteiger partial charge in [0.25, 0.3) is 0 Å². The molecule has 2 aromatic heterocycles. The molecule has 0 saturated heterocycles. The van der Waals surface area contributed by atoms with Crippen LogP contribution in [-0.2, 0) is 29.6 Å². The van der Waals surface area contributed by atoms with Crippen molar-refractivity contribution in [3.8, 4) is 0 Å². The van der Waals surface area contributed by atoms with Crippen molar-refractivity contribution >= 4 is 11.9 Å². The lowest BCUT2D eigenvalue weighted by atomic mass is 10.1. The molecule has 2 N–H and O–H groups in total. The van der Waals surface area contributed by atoms with Gasteiger partial charge in [0, 0.05) is 19.7 Å². The van der Waals surface area contributed by atoms with E-state index in [1.54, 1.807) is 24.0 Å². The molecule has 13 heteroatoms. The molecule has 0 saturated carbocycles. The predicted molar refractivity (Wildman–Crippen MR) is 82.1 cm³/mol. The van der Waals surface area contributed by atoms with Gasteiger partial charge < -0.3 is 10.2 Å². The zero-order valence-corrected chi connectivity index (χ0v) is 14.0. The lowest BCUT2D eigenvalue weighted by Gasteiger charge is -2.19. The Hall–Kier alpha value is -3.12. The second-order valence-electron chi connectivity index (χ2n) is 5.76. The third-order valence-corrected chi connectivity index (χ3v) is 3.74. The van der Waals surface area contributed by atoms with Gasteiger partial charge in [-0.15, -0.1) is 0 Å². The summed E-state index contributed by atoms with van der Waals surface area (Å²) in [6.07, 6.45) is -1.46. The fourth-order valence-electron chi connectivity index (χ4n) is 2.57. The number of hydrogen-bond acceptors (Lipinski definition) is 5. The normalized spacial score (nSPS) is 16.2. The van der Waals surface area contributed by atoms with Gasteiger partial charge in [0.1, 0.15) is 11.9 Å². The standard InChI is InChI=1S/C12H15N5O3.C2HF3O2/c1-15-6-5-8(13-15)7-16-12(20)17-9(11(18)19)3-2-4-10(17)14-16;3-2(4,5)1(6)7/h5-6,9H,2-4,7H2,1H3,(H,18,19);(H,6,7). The topological polar surface area (TPSA) is 132 Å². The number of aliphatic carboxylic acids is 2. The Morgan fingerprint density at radius 2 is 1.93 bits per heavy atom. The molecule has 27 heavy (non-hydrogen) atoms. The van der Waals surface area contributed by atoms with Gasteiger partial charge in [0.05, 0.1) is 12.2 Å². The van der Waals surface area contributed by atoms with Crippen molar-refractivity contribution < 1.29 is 33.0 Å². The van der Waals surface area contributed by atoms with Crippen LogP contribution in [0.2, 0.25) is 0 Å². The van der Waals surface area contributed by atoms with E-state index in [-0.39, 0.29) is 12.2 Å². The fourth-order valence-corrected chi connectivity index (χ4v) is 2.57. The Bertz CT molecular complexity index is 898. The number of aromatic nitrogens is 5. The van der Waals surface area contributed by atoms with E-state index in [1.807, 2.05) is 0 Å². The Morgan fingerprint density at radius 1 is 1.30 bits per heavy atom. The summed E-state index contributed by atoms with van der Waals surface area (Å²) < 4.78 is 36.0. The van der Waals surface area contributed by atoms with Gasteiger partial charge in [-0.1, -0.05) is 0 Å². The maximum absolute atomic E-state index is 12.3. The third kappa shape index (κ3) is 4.74. The van der Waals surface area contributed by atoms with E-state index in [4.69, 9.17) is 9.90 Å². The quantitative estimate of drug-likeness (QED) is 0.775. The van der Waals surface area contributed by atoms with Crippen molar-refractivity contribution in [3.63, 3.8) is 0 Å². The second kappa shape index (κ2) is 7.63. The van der Waals surface area contributed by atoms with Crippen LogP contribution in [0.3, 0.4) is 0 Å². The summed E-state index contributed by atoms with van der Waals surface area (Å²) >= 11 is 0. The average molecular weight is 391 g/mol. The van der Waals surface area contributed by atoms with E-state index < -0.39 is 24.2 Å². The number of fused-ring (bicyclic) bond motifs is 1. The highest BCUT2D eigenvalue weighted by atomic mass is 19.4. The van der Waals surface area contributed by atoms with E-state index >= 15 is 0 Å². The zero-order valence-electron chi connectivity index (χ0n) is 14.0. The molecule has 2 aromatic rings. The number of carbonyl (C=O) groups is 2. The highest BCUT2D eigenvalue weighted by Gasteiger charge is 2.38. The van der Waals surface area contributed by atoms with Crippen LogP contribution >= 0.6 is 0 Å². The van der Waals surface area contributed by atoms with Crippen molar-refractivity contribution in [3.05, 3.63) is 34.3 Å². The van der Waals surface area contributed by atoms with Gasteiger partial charge in [-0.2, -0.15) is 23.4 Å². The molecule has 1 aliphatic heterocycles. The Balaban J connectivity index is 0.000000321. The lowest BCUT2D eigenvalue weighted by molar-refractivity contribution is -0.192. The van der Waals surface area contributed by atoms with Gasteiger partial charge >= 0.3 is 23.8 Å². The first kappa shape index (κ1) is 20.2. The minimum absolute atomic E-state index is 0.256. The molecule has 3 rings (SSSR count). The van der Waals surface area contributed by atoms with Crippen molar-refractivity contribution in [2.24, 2.45) is 7.05 Å². The summed E-state index contributed by atoms with van der Waals surface area (Å²) in [4.78, 5) is 32.4. The maximum atomic E-state index is 12.3. The van der Waals surface area contributed by atoms with E-state index in [0.29, 0.717) is 18.7 Å². The van der Waals surface area contributed by atoms with E-state index in [9.17, 15) is 27.9 Å². The molecular formula is C14H16F3N5O5. The first-order valence-corrected chi connectivity index (χ1v) is 7.70. The summed E-state index contributed by atoms with van der Waals surface area (Å²) in [6, 6.07) is 1.00. The number of alkyl halides is 3. The summed E-state index contributed by atoms with van der Waals surface area (Å²) in [5.74, 6) is -3.19. The molecule has 1 atom stereocenters. The van der Waals surface area contributed by atoms with Crippen LogP contribution in [0, 0.1) is 0 Å². The molecule has 1 unspecified atom stereocenters. The maximum Gasteiger partial charge on any atom is 0.490 e. The highest BCUT2D eigenvalue weighted by Crippen LogP contribution is 2.21. The molecular weight excluding hydrogens is 375 g/mol. The molecule has 3 heterocycles. The Labute approximate surface area is 149 Å². The molecule has 10 nitrogen and oxygen atoms in total. The number of aryl methyl sites for hydroxylation is 2. The van der Waals surface area contributed by atoms with Gasteiger partial charge in [0.15, 0.2) is 0 Å². The van der Waals surface area contributed by atoms with Crippen LogP contribution in [0.1, 0.15) is 30.4 Å².